The van der Waals surface area contributed by atoms with Crippen LogP contribution in [0.5, 0.6) is 0 Å². The number of carbonyl (C=O) groups is 1. The van der Waals surface area contributed by atoms with E-state index in [-0.39, 0.29) is 5.91 Å². The summed E-state index contributed by atoms with van der Waals surface area (Å²) in [5, 5.41) is 11.5. The molecule has 0 heterocycles. The molecular formula is C15H13N3O. The van der Waals surface area contributed by atoms with Crippen LogP contribution in [0.3, 0.4) is 0 Å². The first-order valence-electron chi connectivity index (χ1n) is 5.78. The molecule has 94 valence electrons. The molecule has 0 saturated carbocycles. The molecule has 0 aliphatic carbocycles. The maximum Gasteiger partial charge on any atom is 0.255 e. The van der Waals surface area contributed by atoms with Crippen molar-refractivity contribution < 1.29 is 4.79 Å². The minimum atomic E-state index is -0.226. The third-order valence-corrected chi connectivity index (χ3v) is 2.74. The Morgan fingerprint density at radius 1 is 1.21 bits per heavy atom. The van der Waals surface area contributed by atoms with Crippen molar-refractivity contribution in [2.75, 3.05) is 11.1 Å². The van der Waals surface area contributed by atoms with Gasteiger partial charge in [0.2, 0.25) is 0 Å². The highest BCUT2D eigenvalue weighted by molar-refractivity contribution is 6.05. The van der Waals surface area contributed by atoms with Crippen LogP contribution in [0.4, 0.5) is 11.4 Å². The van der Waals surface area contributed by atoms with Crippen molar-refractivity contribution in [3.8, 4) is 6.07 Å². The number of nitrogen functional groups attached to an aromatic ring is 1. The molecule has 0 aliphatic rings. The highest BCUT2D eigenvalue weighted by Gasteiger charge is 2.08. The molecule has 0 atom stereocenters. The van der Waals surface area contributed by atoms with Gasteiger partial charge in [-0.3, -0.25) is 4.79 Å². The highest BCUT2D eigenvalue weighted by atomic mass is 16.1. The molecule has 2 rings (SSSR count). The van der Waals surface area contributed by atoms with E-state index < -0.39 is 0 Å². The fourth-order valence-corrected chi connectivity index (χ4v) is 1.65. The molecule has 0 aromatic heterocycles. The van der Waals surface area contributed by atoms with Crippen LogP contribution in [0.25, 0.3) is 0 Å². The molecule has 1 amide bonds. The summed E-state index contributed by atoms with van der Waals surface area (Å²) in [5.74, 6) is -0.226. The maximum atomic E-state index is 12.0. The van der Waals surface area contributed by atoms with Gasteiger partial charge in [0.05, 0.1) is 23.0 Å². The summed E-state index contributed by atoms with van der Waals surface area (Å²) in [5.41, 5.74) is 8.78. The summed E-state index contributed by atoms with van der Waals surface area (Å²) in [6.45, 7) is 1.96. The van der Waals surface area contributed by atoms with E-state index in [2.05, 4.69) is 5.32 Å². The summed E-state index contributed by atoms with van der Waals surface area (Å²) in [4.78, 5) is 12.0. The van der Waals surface area contributed by atoms with Gasteiger partial charge in [0, 0.05) is 5.56 Å². The van der Waals surface area contributed by atoms with Gasteiger partial charge in [0.1, 0.15) is 0 Å². The Hall–Kier alpha value is -2.80. The Balaban J connectivity index is 2.20. The van der Waals surface area contributed by atoms with Crippen LogP contribution in [-0.4, -0.2) is 5.91 Å². The number of benzene rings is 2. The van der Waals surface area contributed by atoms with E-state index in [0.717, 1.165) is 5.56 Å². The predicted molar refractivity (Wildman–Crippen MR) is 74.7 cm³/mol. The molecule has 2 aromatic carbocycles. The second kappa shape index (κ2) is 5.23. The molecule has 2 aromatic rings. The van der Waals surface area contributed by atoms with Gasteiger partial charge in [-0.2, -0.15) is 5.26 Å². The molecule has 0 fully saturated rings. The van der Waals surface area contributed by atoms with Crippen LogP contribution >= 0.6 is 0 Å². The first kappa shape index (κ1) is 12.7. The SMILES string of the molecule is Cc1ccc(C(=O)Nc2ccc(C#N)cc2N)cc1. The Morgan fingerprint density at radius 3 is 2.47 bits per heavy atom. The lowest BCUT2D eigenvalue weighted by Gasteiger charge is -2.08. The van der Waals surface area contributed by atoms with Crippen LogP contribution < -0.4 is 11.1 Å². The van der Waals surface area contributed by atoms with Crippen LogP contribution in [0.2, 0.25) is 0 Å². The van der Waals surface area contributed by atoms with Gasteiger partial charge in [-0.05, 0) is 37.3 Å². The van der Waals surface area contributed by atoms with Gasteiger partial charge >= 0.3 is 0 Å². The second-order valence-electron chi connectivity index (χ2n) is 4.23. The minimum absolute atomic E-state index is 0.226. The molecule has 0 saturated heterocycles. The second-order valence-corrected chi connectivity index (χ2v) is 4.23. The molecule has 4 nitrogen and oxygen atoms in total. The van der Waals surface area contributed by atoms with Crippen molar-refractivity contribution in [1.29, 1.82) is 5.26 Å². The monoisotopic (exact) mass is 251 g/mol. The van der Waals surface area contributed by atoms with Crippen molar-refractivity contribution in [3.05, 3.63) is 59.2 Å². The van der Waals surface area contributed by atoms with Crippen molar-refractivity contribution in [3.63, 3.8) is 0 Å². The number of hydrogen-bond acceptors (Lipinski definition) is 3. The van der Waals surface area contributed by atoms with Crippen molar-refractivity contribution in [2.24, 2.45) is 0 Å². The van der Waals surface area contributed by atoms with Crippen molar-refractivity contribution in [1.82, 2.24) is 0 Å². The lowest BCUT2D eigenvalue weighted by molar-refractivity contribution is 0.102. The number of amides is 1. The average molecular weight is 251 g/mol. The Bertz CT molecular complexity index is 654. The highest BCUT2D eigenvalue weighted by Crippen LogP contribution is 2.20. The molecular weight excluding hydrogens is 238 g/mol. The number of rotatable bonds is 2. The number of nitrogens with one attached hydrogen (secondary N) is 1. The van der Waals surface area contributed by atoms with Gasteiger partial charge < -0.3 is 11.1 Å². The first-order valence-corrected chi connectivity index (χ1v) is 5.78. The van der Waals surface area contributed by atoms with E-state index in [0.29, 0.717) is 22.5 Å². The summed E-state index contributed by atoms with van der Waals surface area (Å²) >= 11 is 0. The van der Waals surface area contributed by atoms with Gasteiger partial charge in [0.25, 0.3) is 5.91 Å². The van der Waals surface area contributed by atoms with Crippen LogP contribution in [-0.2, 0) is 0 Å². The number of nitriles is 1. The van der Waals surface area contributed by atoms with Gasteiger partial charge in [-0.15, -0.1) is 0 Å². The van der Waals surface area contributed by atoms with Crippen LogP contribution in [0.1, 0.15) is 21.5 Å². The number of nitrogens with two attached hydrogens (primary N) is 1. The van der Waals surface area contributed by atoms with E-state index in [1.54, 1.807) is 24.3 Å². The van der Waals surface area contributed by atoms with Gasteiger partial charge in [-0.25, -0.2) is 0 Å². The number of aryl methyl sites for hydroxylation is 1. The molecule has 0 aliphatic heterocycles. The zero-order valence-electron chi connectivity index (χ0n) is 10.5. The smallest absolute Gasteiger partial charge is 0.255 e. The predicted octanol–water partition coefficient (Wildman–Crippen LogP) is 2.70. The maximum absolute atomic E-state index is 12.0. The molecule has 19 heavy (non-hydrogen) atoms. The zero-order chi connectivity index (χ0) is 13.8. The fraction of sp³-hybridized carbons (Fsp3) is 0.0667. The van der Waals surface area contributed by atoms with E-state index in [1.807, 2.05) is 25.1 Å². The average Bonchev–Trinajstić information content (AvgIpc) is 2.41. The topological polar surface area (TPSA) is 78.9 Å². The molecule has 4 heteroatoms. The van der Waals surface area contributed by atoms with E-state index in [1.165, 1.54) is 6.07 Å². The number of hydrogen-bond donors (Lipinski definition) is 2. The van der Waals surface area contributed by atoms with E-state index >= 15 is 0 Å². The number of carbonyl (C=O) groups excluding carboxylic acids is 1. The molecule has 0 unspecified atom stereocenters. The summed E-state index contributed by atoms with van der Waals surface area (Å²) in [7, 11) is 0. The van der Waals surface area contributed by atoms with E-state index in [4.69, 9.17) is 11.0 Å². The molecule has 0 spiro atoms. The number of anilines is 2. The summed E-state index contributed by atoms with van der Waals surface area (Å²) in [6.07, 6.45) is 0. The summed E-state index contributed by atoms with van der Waals surface area (Å²) in [6, 6.07) is 14.0. The van der Waals surface area contributed by atoms with Crippen LogP contribution in [0, 0.1) is 18.3 Å². The standard InChI is InChI=1S/C15H13N3O/c1-10-2-5-12(6-3-10)15(19)18-14-7-4-11(9-16)8-13(14)17/h2-8H,17H2,1H3,(H,18,19). The van der Waals surface area contributed by atoms with E-state index in [9.17, 15) is 4.79 Å². The third kappa shape index (κ3) is 2.90. The molecule has 3 N–H and O–H groups in total. The largest absolute Gasteiger partial charge is 0.397 e. The van der Waals surface area contributed by atoms with Crippen molar-refractivity contribution >= 4 is 17.3 Å². The van der Waals surface area contributed by atoms with Crippen molar-refractivity contribution in [2.45, 2.75) is 6.92 Å². The molecule has 0 radical (unpaired) electrons. The first-order chi connectivity index (χ1) is 9.10. The Morgan fingerprint density at radius 2 is 1.89 bits per heavy atom. The normalized spacial score (nSPS) is 9.68. The third-order valence-electron chi connectivity index (χ3n) is 2.74. The lowest BCUT2D eigenvalue weighted by Crippen LogP contribution is -2.13. The van der Waals surface area contributed by atoms with Gasteiger partial charge in [0.15, 0.2) is 0 Å². The lowest BCUT2D eigenvalue weighted by atomic mass is 10.1. The van der Waals surface area contributed by atoms with Crippen LogP contribution in [0.15, 0.2) is 42.5 Å². The Kier molecular flexibility index (Phi) is 3.48. The fourth-order valence-electron chi connectivity index (χ4n) is 1.65. The molecule has 0 bridgehead atoms. The quantitative estimate of drug-likeness (QED) is 0.805. The number of nitrogens with zero attached hydrogens (tertiary/aromatic N) is 1. The van der Waals surface area contributed by atoms with Gasteiger partial charge in [-0.1, -0.05) is 17.7 Å². The zero-order valence-corrected chi connectivity index (χ0v) is 10.5. The Labute approximate surface area is 111 Å². The minimum Gasteiger partial charge on any atom is -0.397 e. The summed E-state index contributed by atoms with van der Waals surface area (Å²) < 4.78 is 0.